The van der Waals surface area contributed by atoms with Gasteiger partial charge in [-0.25, -0.2) is 0 Å². The molecule has 0 bridgehead atoms. The second-order valence-electron chi connectivity index (χ2n) is 4.92. The van der Waals surface area contributed by atoms with Crippen molar-refractivity contribution in [3.63, 3.8) is 0 Å². The van der Waals surface area contributed by atoms with Crippen LogP contribution >= 0.6 is 15.9 Å². The summed E-state index contributed by atoms with van der Waals surface area (Å²) < 4.78 is 39.6. The number of rotatable bonds is 2. The molecule has 1 aromatic rings. The van der Waals surface area contributed by atoms with Gasteiger partial charge in [0.15, 0.2) is 0 Å². The molecule has 1 nitrogen and oxygen atoms in total. The van der Waals surface area contributed by atoms with E-state index in [9.17, 15) is 13.2 Å². The predicted octanol–water partition coefficient (Wildman–Crippen LogP) is 4.44. The van der Waals surface area contributed by atoms with Crippen LogP contribution < -0.4 is 5.32 Å². The molecule has 0 aromatic heterocycles. The van der Waals surface area contributed by atoms with Crippen LogP contribution in [0.3, 0.4) is 0 Å². The number of hydrogen-bond acceptors (Lipinski definition) is 1. The minimum Gasteiger partial charge on any atom is -0.298 e. The van der Waals surface area contributed by atoms with Crippen LogP contribution in [0.15, 0.2) is 28.7 Å². The van der Waals surface area contributed by atoms with Gasteiger partial charge in [-0.05, 0) is 38.5 Å². The molecule has 1 aromatic carbocycles. The molecule has 0 saturated carbocycles. The van der Waals surface area contributed by atoms with Crippen molar-refractivity contribution in [2.75, 3.05) is 0 Å². The molecule has 0 amide bonds. The average Bonchev–Trinajstić information content (AvgIpc) is 2.13. The van der Waals surface area contributed by atoms with Crippen molar-refractivity contribution in [2.24, 2.45) is 0 Å². The molecule has 0 spiro atoms. The predicted molar refractivity (Wildman–Crippen MR) is 65.8 cm³/mol. The SMILES string of the molecule is CC(C)(C)N[C@@H](c1ccc(Br)cc1)C(F)(F)F. The standard InChI is InChI=1S/C12H15BrF3N/c1-11(2,3)17-10(12(14,15)16)8-4-6-9(13)7-5-8/h4-7,10,17H,1-3H3/t10-/m0/s1. The average molecular weight is 310 g/mol. The Morgan fingerprint density at radius 2 is 1.53 bits per heavy atom. The van der Waals surface area contributed by atoms with Crippen molar-refractivity contribution in [1.29, 1.82) is 0 Å². The van der Waals surface area contributed by atoms with E-state index in [0.717, 1.165) is 4.47 Å². The van der Waals surface area contributed by atoms with Gasteiger partial charge in [0.2, 0.25) is 0 Å². The largest absolute Gasteiger partial charge is 0.407 e. The lowest BCUT2D eigenvalue weighted by Crippen LogP contribution is -2.45. The Morgan fingerprint density at radius 3 is 1.88 bits per heavy atom. The fourth-order valence-electron chi connectivity index (χ4n) is 1.44. The van der Waals surface area contributed by atoms with Gasteiger partial charge in [0.05, 0.1) is 0 Å². The molecule has 0 aliphatic rings. The zero-order chi connectivity index (χ0) is 13.3. The summed E-state index contributed by atoms with van der Waals surface area (Å²) in [7, 11) is 0. The van der Waals surface area contributed by atoms with E-state index in [1.807, 2.05) is 0 Å². The van der Waals surface area contributed by atoms with Gasteiger partial charge in [-0.2, -0.15) is 13.2 Å². The quantitative estimate of drug-likeness (QED) is 0.851. The molecule has 0 saturated heterocycles. The van der Waals surface area contributed by atoms with E-state index in [1.165, 1.54) is 12.1 Å². The zero-order valence-corrected chi connectivity index (χ0v) is 11.5. The van der Waals surface area contributed by atoms with E-state index in [2.05, 4.69) is 21.2 Å². The Kier molecular flexibility index (Phi) is 4.25. The van der Waals surface area contributed by atoms with E-state index in [4.69, 9.17) is 0 Å². The lowest BCUT2D eigenvalue weighted by Gasteiger charge is -2.30. The van der Waals surface area contributed by atoms with Gasteiger partial charge in [-0.15, -0.1) is 0 Å². The molecule has 1 rings (SSSR count). The third kappa shape index (κ3) is 4.68. The highest BCUT2D eigenvalue weighted by Gasteiger charge is 2.42. The molecule has 0 radical (unpaired) electrons. The Labute approximate surface area is 108 Å². The van der Waals surface area contributed by atoms with Crippen molar-refractivity contribution in [1.82, 2.24) is 5.32 Å². The molecule has 0 fully saturated rings. The van der Waals surface area contributed by atoms with Crippen LogP contribution in [0.4, 0.5) is 13.2 Å². The van der Waals surface area contributed by atoms with Crippen molar-refractivity contribution >= 4 is 15.9 Å². The second-order valence-corrected chi connectivity index (χ2v) is 5.84. The van der Waals surface area contributed by atoms with Crippen molar-refractivity contribution in [2.45, 2.75) is 38.5 Å². The maximum Gasteiger partial charge on any atom is 0.407 e. The summed E-state index contributed by atoms with van der Waals surface area (Å²) in [6.07, 6.45) is -4.30. The highest BCUT2D eigenvalue weighted by molar-refractivity contribution is 9.10. The summed E-state index contributed by atoms with van der Waals surface area (Å²) >= 11 is 3.20. The topological polar surface area (TPSA) is 12.0 Å². The van der Waals surface area contributed by atoms with Crippen LogP contribution in [-0.2, 0) is 0 Å². The van der Waals surface area contributed by atoms with Crippen molar-refractivity contribution in [3.05, 3.63) is 34.3 Å². The van der Waals surface area contributed by atoms with Crippen LogP contribution in [0.5, 0.6) is 0 Å². The smallest absolute Gasteiger partial charge is 0.298 e. The lowest BCUT2D eigenvalue weighted by atomic mass is 10.0. The van der Waals surface area contributed by atoms with Crippen molar-refractivity contribution in [3.8, 4) is 0 Å². The minimum atomic E-state index is -4.30. The van der Waals surface area contributed by atoms with Crippen LogP contribution in [0.1, 0.15) is 32.4 Å². The molecule has 0 unspecified atom stereocenters. The Bertz CT molecular complexity index is 365. The molecule has 5 heteroatoms. The van der Waals surface area contributed by atoms with E-state index < -0.39 is 17.8 Å². The van der Waals surface area contributed by atoms with E-state index in [0.29, 0.717) is 0 Å². The van der Waals surface area contributed by atoms with Crippen LogP contribution in [-0.4, -0.2) is 11.7 Å². The number of alkyl halides is 3. The summed E-state index contributed by atoms with van der Waals surface area (Å²) in [5.41, 5.74) is -0.386. The van der Waals surface area contributed by atoms with Gasteiger partial charge in [0, 0.05) is 10.0 Å². The summed E-state index contributed by atoms with van der Waals surface area (Å²) in [6.45, 7) is 5.14. The van der Waals surface area contributed by atoms with E-state index in [1.54, 1.807) is 32.9 Å². The Balaban J connectivity index is 3.03. The van der Waals surface area contributed by atoms with Gasteiger partial charge < -0.3 is 0 Å². The molecule has 1 N–H and O–H groups in total. The highest BCUT2D eigenvalue weighted by atomic mass is 79.9. The number of halogens is 4. The fourth-order valence-corrected chi connectivity index (χ4v) is 1.71. The van der Waals surface area contributed by atoms with Gasteiger partial charge in [0.1, 0.15) is 6.04 Å². The first-order chi connectivity index (χ1) is 7.59. The Hall–Kier alpha value is -0.550. The van der Waals surface area contributed by atoms with E-state index >= 15 is 0 Å². The first-order valence-electron chi connectivity index (χ1n) is 5.19. The summed E-state index contributed by atoms with van der Waals surface area (Å²) in [6, 6.07) is 4.52. The zero-order valence-electron chi connectivity index (χ0n) is 9.90. The summed E-state index contributed by atoms with van der Waals surface area (Å²) in [4.78, 5) is 0. The summed E-state index contributed by atoms with van der Waals surface area (Å²) in [5.74, 6) is 0. The van der Waals surface area contributed by atoms with Crippen LogP contribution in [0.2, 0.25) is 0 Å². The fraction of sp³-hybridized carbons (Fsp3) is 0.500. The van der Waals surface area contributed by atoms with Crippen molar-refractivity contribution < 1.29 is 13.2 Å². The molecular weight excluding hydrogens is 295 g/mol. The highest BCUT2D eigenvalue weighted by Crippen LogP contribution is 2.34. The first kappa shape index (κ1) is 14.5. The second kappa shape index (κ2) is 4.98. The van der Waals surface area contributed by atoms with Crippen LogP contribution in [0, 0.1) is 0 Å². The third-order valence-corrected chi connectivity index (χ3v) is 2.64. The third-order valence-electron chi connectivity index (χ3n) is 2.11. The molecule has 0 aliphatic carbocycles. The summed E-state index contributed by atoms with van der Waals surface area (Å²) in [5, 5.41) is 2.59. The van der Waals surface area contributed by atoms with E-state index in [-0.39, 0.29) is 5.56 Å². The number of benzene rings is 1. The molecule has 1 atom stereocenters. The molecule has 17 heavy (non-hydrogen) atoms. The molecular formula is C12H15BrF3N. The Morgan fingerprint density at radius 1 is 1.06 bits per heavy atom. The number of hydrogen-bond donors (Lipinski definition) is 1. The molecule has 96 valence electrons. The maximum absolute atomic E-state index is 13.0. The van der Waals surface area contributed by atoms with Gasteiger partial charge in [-0.1, -0.05) is 28.1 Å². The monoisotopic (exact) mass is 309 g/mol. The van der Waals surface area contributed by atoms with Crippen LogP contribution in [0.25, 0.3) is 0 Å². The maximum atomic E-state index is 13.0. The molecule has 0 aliphatic heterocycles. The number of nitrogens with one attached hydrogen (secondary N) is 1. The molecule has 0 heterocycles. The van der Waals surface area contributed by atoms with Gasteiger partial charge >= 0.3 is 6.18 Å². The lowest BCUT2D eigenvalue weighted by molar-refractivity contribution is -0.161. The first-order valence-corrected chi connectivity index (χ1v) is 5.99. The van der Waals surface area contributed by atoms with Gasteiger partial charge in [0.25, 0.3) is 0 Å². The van der Waals surface area contributed by atoms with Gasteiger partial charge in [-0.3, -0.25) is 5.32 Å². The minimum absolute atomic E-state index is 0.218. The normalized spacial score (nSPS) is 14.8.